The summed E-state index contributed by atoms with van der Waals surface area (Å²) in [6.45, 7) is 7.79. The van der Waals surface area contributed by atoms with E-state index in [4.69, 9.17) is 5.73 Å². The van der Waals surface area contributed by atoms with Crippen molar-refractivity contribution >= 4 is 0 Å². The Morgan fingerprint density at radius 2 is 1.81 bits per heavy atom. The Morgan fingerprint density at radius 3 is 2.48 bits per heavy atom. The highest BCUT2D eigenvalue weighted by Crippen LogP contribution is 2.40. The maximum Gasteiger partial charge on any atom is 0.0472 e. The molecule has 21 heavy (non-hydrogen) atoms. The number of rotatable bonds is 3. The van der Waals surface area contributed by atoms with Crippen molar-refractivity contribution in [3.63, 3.8) is 0 Å². The molecule has 1 atom stereocenters. The first-order chi connectivity index (χ1) is 9.98. The predicted molar refractivity (Wildman–Crippen MR) is 88.4 cm³/mol. The third kappa shape index (κ3) is 2.91. The zero-order valence-electron chi connectivity index (χ0n) is 13.4. The molecule has 2 heteroatoms. The fraction of sp³-hybridized carbons (Fsp3) is 0.474. The third-order valence-corrected chi connectivity index (χ3v) is 4.72. The van der Waals surface area contributed by atoms with Gasteiger partial charge in [-0.1, -0.05) is 45.0 Å². The molecule has 0 bridgehead atoms. The van der Waals surface area contributed by atoms with Gasteiger partial charge < -0.3 is 10.3 Å². The summed E-state index contributed by atoms with van der Waals surface area (Å²) in [6.07, 6.45) is 5.51. The zero-order valence-corrected chi connectivity index (χ0v) is 13.4. The molecular weight excluding hydrogens is 256 g/mol. The normalized spacial score (nSPS) is 20.3. The molecule has 1 aliphatic rings. The maximum atomic E-state index is 6.35. The van der Waals surface area contributed by atoms with Gasteiger partial charge in [-0.15, -0.1) is 0 Å². The van der Waals surface area contributed by atoms with Gasteiger partial charge in [0.2, 0.25) is 0 Å². The van der Waals surface area contributed by atoms with Gasteiger partial charge in [-0.2, -0.15) is 0 Å². The fourth-order valence-corrected chi connectivity index (χ4v) is 3.52. The van der Waals surface area contributed by atoms with Crippen molar-refractivity contribution in [1.29, 1.82) is 0 Å². The Hall–Kier alpha value is -1.54. The van der Waals surface area contributed by atoms with Crippen LogP contribution in [0.3, 0.4) is 0 Å². The van der Waals surface area contributed by atoms with Crippen LogP contribution in [0.15, 0.2) is 36.5 Å². The molecule has 1 aromatic heterocycles. The molecule has 0 fully saturated rings. The lowest BCUT2D eigenvalue weighted by atomic mass is 9.74. The van der Waals surface area contributed by atoms with Crippen LogP contribution in [0.4, 0.5) is 0 Å². The molecular formula is C19H26N2. The van der Waals surface area contributed by atoms with Crippen LogP contribution >= 0.6 is 0 Å². The van der Waals surface area contributed by atoms with Gasteiger partial charge in [0.15, 0.2) is 0 Å². The van der Waals surface area contributed by atoms with Crippen LogP contribution < -0.4 is 5.73 Å². The quantitative estimate of drug-likeness (QED) is 0.904. The number of nitrogens with zero attached hydrogens (tertiary/aromatic N) is 1. The van der Waals surface area contributed by atoms with Crippen molar-refractivity contribution in [2.75, 3.05) is 0 Å². The Labute approximate surface area is 128 Å². The second kappa shape index (κ2) is 5.34. The van der Waals surface area contributed by atoms with Gasteiger partial charge in [0.1, 0.15) is 0 Å². The largest absolute Gasteiger partial charge is 0.347 e. The van der Waals surface area contributed by atoms with Crippen molar-refractivity contribution in [2.45, 2.75) is 52.6 Å². The Kier molecular flexibility index (Phi) is 3.66. The first-order valence-electron chi connectivity index (χ1n) is 8.00. The van der Waals surface area contributed by atoms with E-state index in [1.54, 1.807) is 0 Å². The lowest BCUT2D eigenvalue weighted by molar-refractivity contribution is 0.276. The lowest BCUT2D eigenvalue weighted by Crippen LogP contribution is -2.30. The lowest BCUT2D eigenvalue weighted by Gasteiger charge is -2.34. The average molecular weight is 282 g/mol. The van der Waals surface area contributed by atoms with E-state index in [0.717, 1.165) is 25.8 Å². The molecule has 112 valence electrons. The molecule has 0 amide bonds. The van der Waals surface area contributed by atoms with Crippen LogP contribution in [0.1, 0.15) is 55.6 Å². The predicted octanol–water partition coefficient (Wildman–Crippen LogP) is 4.07. The second-order valence-electron chi connectivity index (χ2n) is 7.17. The summed E-state index contributed by atoms with van der Waals surface area (Å²) < 4.78 is 2.39. The molecule has 0 saturated carbocycles. The van der Waals surface area contributed by atoms with Gasteiger partial charge in [0.25, 0.3) is 0 Å². The molecule has 2 aromatic rings. The smallest absolute Gasteiger partial charge is 0.0472 e. The van der Waals surface area contributed by atoms with Gasteiger partial charge in [-0.25, -0.2) is 0 Å². The van der Waals surface area contributed by atoms with Gasteiger partial charge in [0, 0.05) is 24.5 Å². The van der Waals surface area contributed by atoms with Crippen LogP contribution in [0.25, 0.3) is 0 Å². The van der Waals surface area contributed by atoms with Crippen LogP contribution in [-0.2, 0) is 19.4 Å². The number of aryl methyl sites for hydroxylation is 1. The minimum absolute atomic E-state index is 0.187. The van der Waals surface area contributed by atoms with Crippen LogP contribution in [0.2, 0.25) is 0 Å². The molecule has 1 aromatic carbocycles. The van der Waals surface area contributed by atoms with E-state index in [1.807, 2.05) is 0 Å². The van der Waals surface area contributed by atoms with E-state index >= 15 is 0 Å². The number of hydrogen-bond donors (Lipinski definition) is 1. The fourth-order valence-electron chi connectivity index (χ4n) is 3.52. The molecule has 2 N–H and O–H groups in total. The number of nitrogens with two attached hydrogens (primary N) is 1. The molecule has 0 radical (unpaired) electrons. The molecule has 0 spiro atoms. The first kappa shape index (κ1) is 14.4. The van der Waals surface area contributed by atoms with Crippen molar-refractivity contribution in [3.05, 3.63) is 58.9 Å². The van der Waals surface area contributed by atoms with Crippen molar-refractivity contribution < 1.29 is 0 Å². The summed E-state index contributed by atoms with van der Waals surface area (Å²) in [4.78, 5) is 0. The Morgan fingerprint density at radius 1 is 1.14 bits per heavy atom. The van der Waals surface area contributed by atoms with Gasteiger partial charge in [-0.3, -0.25) is 0 Å². The summed E-state index contributed by atoms with van der Waals surface area (Å²) in [5.74, 6) is 0. The van der Waals surface area contributed by atoms with E-state index < -0.39 is 0 Å². The minimum atomic E-state index is 0.187. The van der Waals surface area contributed by atoms with E-state index in [9.17, 15) is 0 Å². The maximum absolute atomic E-state index is 6.35. The SMILES string of the molecule is CCc1ccc(Cn2ccc3c2CC(C)(C)CC3N)cc1. The number of fused-ring (bicyclic) bond motifs is 1. The van der Waals surface area contributed by atoms with Gasteiger partial charge >= 0.3 is 0 Å². The van der Waals surface area contributed by atoms with Gasteiger partial charge in [-0.05, 0) is 47.4 Å². The molecule has 0 aliphatic heterocycles. The second-order valence-corrected chi connectivity index (χ2v) is 7.17. The number of aromatic nitrogens is 1. The summed E-state index contributed by atoms with van der Waals surface area (Å²) in [5.41, 5.74) is 12.2. The van der Waals surface area contributed by atoms with E-state index in [0.29, 0.717) is 5.41 Å². The summed E-state index contributed by atoms with van der Waals surface area (Å²) >= 11 is 0. The van der Waals surface area contributed by atoms with E-state index in [-0.39, 0.29) is 6.04 Å². The highest BCUT2D eigenvalue weighted by atomic mass is 15.0. The van der Waals surface area contributed by atoms with Crippen LogP contribution in [0.5, 0.6) is 0 Å². The first-order valence-corrected chi connectivity index (χ1v) is 8.00. The van der Waals surface area contributed by atoms with E-state index in [2.05, 4.69) is 61.9 Å². The summed E-state index contributed by atoms with van der Waals surface area (Å²) in [5, 5.41) is 0. The van der Waals surface area contributed by atoms with Gasteiger partial charge in [0.05, 0.1) is 0 Å². The third-order valence-electron chi connectivity index (χ3n) is 4.72. The van der Waals surface area contributed by atoms with E-state index in [1.165, 1.54) is 22.4 Å². The van der Waals surface area contributed by atoms with Crippen molar-refractivity contribution in [2.24, 2.45) is 11.1 Å². The monoisotopic (exact) mass is 282 g/mol. The summed E-state index contributed by atoms with van der Waals surface area (Å²) in [7, 11) is 0. The Bertz CT molecular complexity index is 620. The molecule has 1 aliphatic carbocycles. The summed E-state index contributed by atoms with van der Waals surface area (Å²) in [6, 6.07) is 11.4. The minimum Gasteiger partial charge on any atom is -0.347 e. The average Bonchev–Trinajstić information content (AvgIpc) is 2.81. The molecule has 1 heterocycles. The standard InChI is InChI=1S/C19H26N2/c1-4-14-5-7-15(8-6-14)13-21-10-9-16-17(20)11-19(2,3)12-18(16)21/h5-10,17H,4,11-13,20H2,1-3H3. The van der Waals surface area contributed by atoms with Crippen molar-refractivity contribution in [1.82, 2.24) is 4.57 Å². The number of benzene rings is 1. The molecule has 1 unspecified atom stereocenters. The molecule has 0 saturated heterocycles. The highest BCUT2D eigenvalue weighted by Gasteiger charge is 2.32. The highest BCUT2D eigenvalue weighted by molar-refractivity contribution is 5.32. The van der Waals surface area contributed by atoms with Crippen LogP contribution in [-0.4, -0.2) is 4.57 Å². The topological polar surface area (TPSA) is 30.9 Å². The van der Waals surface area contributed by atoms with Crippen LogP contribution in [0, 0.1) is 5.41 Å². The molecule has 3 rings (SSSR count). The molecule has 2 nitrogen and oxygen atoms in total. The number of hydrogen-bond acceptors (Lipinski definition) is 1. The Balaban J connectivity index is 1.87. The zero-order chi connectivity index (χ0) is 15.0. The van der Waals surface area contributed by atoms with Crippen molar-refractivity contribution in [3.8, 4) is 0 Å².